The highest BCUT2D eigenvalue weighted by Crippen LogP contribution is 2.59. The Balaban J connectivity index is 2.35. The maximum atomic E-state index is 11.3. The van der Waals surface area contributed by atoms with Crippen molar-refractivity contribution >= 4 is 11.6 Å². The summed E-state index contributed by atoms with van der Waals surface area (Å²) in [6.07, 6.45) is -5.89. The van der Waals surface area contributed by atoms with Crippen molar-refractivity contribution in [2.75, 3.05) is 34.5 Å². The van der Waals surface area contributed by atoms with Crippen LogP contribution >= 0.6 is 11.6 Å². The van der Waals surface area contributed by atoms with Crippen LogP contribution in [0.2, 0.25) is 5.02 Å². The van der Waals surface area contributed by atoms with Gasteiger partial charge in [0.05, 0.1) is 29.4 Å². The number of hydrogen-bond donors (Lipinski definition) is 10. The lowest BCUT2D eigenvalue weighted by atomic mass is 9.86. The van der Waals surface area contributed by atoms with Crippen LogP contribution in [0.3, 0.4) is 0 Å². The second-order valence-corrected chi connectivity index (χ2v) is 9.11. The van der Waals surface area contributed by atoms with Crippen LogP contribution in [0.5, 0.6) is 46.0 Å². The molecule has 1 saturated heterocycles. The molecule has 0 saturated carbocycles. The van der Waals surface area contributed by atoms with Crippen molar-refractivity contribution in [1.29, 1.82) is 0 Å². The zero-order valence-electron chi connectivity index (χ0n) is 21.7. The van der Waals surface area contributed by atoms with E-state index in [1.165, 1.54) is 28.3 Å². The molecule has 0 bridgehead atoms. The van der Waals surface area contributed by atoms with E-state index >= 15 is 0 Å². The zero-order chi connectivity index (χ0) is 30.3. The fraction of sp³-hybridized carbons (Fsp3) is 0.500. The summed E-state index contributed by atoms with van der Waals surface area (Å²) in [7, 11) is 3.81. The predicted octanol–water partition coefficient (Wildman–Crippen LogP) is 0.341. The number of halogens is 1. The average molecular weight is 595 g/mol. The van der Waals surface area contributed by atoms with E-state index in [1.54, 1.807) is 0 Å². The molecule has 1 fully saturated rings. The molecule has 0 aromatic heterocycles. The minimum atomic E-state index is -3.78. The van der Waals surface area contributed by atoms with Crippen LogP contribution in [0, 0.1) is 0 Å². The van der Waals surface area contributed by atoms with Crippen LogP contribution in [-0.4, -0.2) is 110 Å². The van der Waals surface area contributed by atoms with Crippen LogP contribution in [0.25, 0.3) is 0 Å². The molecule has 224 valence electrons. The van der Waals surface area contributed by atoms with Crippen molar-refractivity contribution in [2.45, 2.75) is 43.2 Å². The number of aromatic hydroxyl groups is 7. The second kappa shape index (κ2) is 11.8. The largest absolute Gasteiger partial charge is 0.507 e. The maximum absolute atomic E-state index is 11.3. The van der Waals surface area contributed by atoms with Gasteiger partial charge in [-0.2, -0.15) is 0 Å². The van der Waals surface area contributed by atoms with Crippen molar-refractivity contribution in [1.82, 2.24) is 0 Å². The van der Waals surface area contributed by atoms with Crippen molar-refractivity contribution in [3.8, 4) is 46.0 Å². The smallest absolute Gasteiger partial charge is 0.230 e. The molecule has 0 aliphatic carbocycles. The van der Waals surface area contributed by atoms with Crippen LogP contribution in [0.1, 0.15) is 29.7 Å². The van der Waals surface area contributed by atoms with E-state index in [1.807, 2.05) is 0 Å². The molecule has 0 spiro atoms. The van der Waals surface area contributed by atoms with E-state index in [0.29, 0.717) is 0 Å². The molecule has 3 rings (SSSR count). The van der Waals surface area contributed by atoms with E-state index in [4.69, 9.17) is 35.3 Å². The van der Waals surface area contributed by atoms with Gasteiger partial charge in [-0.25, -0.2) is 0 Å². The molecule has 1 heterocycles. The first-order valence-electron chi connectivity index (χ1n) is 11.7. The fourth-order valence-electron chi connectivity index (χ4n) is 4.81. The van der Waals surface area contributed by atoms with Crippen LogP contribution in [0.15, 0.2) is 0 Å². The third-order valence-corrected chi connectivity index (χ3v) is 7.02. The summed E-state index contributed by atoms with van der Waals surface area (Å²) >= 11 is 6.08. The SMILES string of the molecule is CCOc1c(O)c(O)c(C(O)(O)c2c(O)c(C3OC(CO)C(OC)C(OC)C3OC)c(O)c(O)c2Cl)c(O)c1O. The van der Waals surface area contributed by atoms with E-state index < -0.39 is 111 Å². The van der Waals surface area contributed by atoms with Crippen molar-refractivity contribution in [2.24, 2.45) is 0 Å². The molecule has 40 heavy (non-hydrogen) atoms. The number of phenols is 7. The van der Waals surface area contributed by atoms with Crippen LogP contribution in [0.4, 0.5) is 0 Å². The molecule has 5 unspecified atom stereocenters. The Morgan fingerprint density at radius 2 is 1.25 bits per heavy atom. The molecule has 15 nitrogen and oxygen atoms in total. The van der Waals surface area contributed by atoms with Gasteiger partial charge >= 0.3 is 0 Å². The molecule has 2 aromatic carbocycles. The number of hydrogen-bond acceptors (Lipinski definition) is 15. The van der Waals surface area contributed by atoms with Gasteiger partial charge in [0.25, 0.3) is 0 Å². The van der Waals surface area contributed by atoms with Gasteiger partial charge in [-0.15, -0.1) is 0 Å². The standard InChI is InChI=1S/C24H31ClO15/c1-5-39-21-17(32)14(29)10(15(30)18(21)33)24(34,35)9-11(25)16(31)13(28)8(12(9)27)20-23(38-4)22(37-3)19(36-2)7(6-26)40-20/h7,19-20,22-23,26-35H,5-6H2,1-4H3. The fourth-order valence-corrected chi connectivity index (χ4v) is 5.12. The Morgan fingerprint density at radius 3 is 1.70 bits per heavy atom. The maximum Gasteiger partial charge on any atom is 0.230 e. The van der Waals surface area contributed by atoms with E-state index in [0.717, 1.165) is 0 Å². The van der Waals surface area contributed by atoms with Crippen LogP contribution < -0.4 is 4.74 Å². The number of methoxy groups -OCH3 is 3. The molecule has 1 aliphatic rings. The molecule has 0 radical (unpaired) electrons. The van der Waals surface area contributed by atoms with Gasteiger partial charge in [-0.1, -0.05) is 11.6 Å². The van der Waals surface area contributed by atoms with E-state index in [2.05, 4.69) is 0 Å². The summed E-state index contributed by atoms with van der Waals surface area (Å²) in [5.74, 6) is -13.4. The summed E-state index contributed by atoms with van der Waals surface area (Å²) in [5.41, 5.74) is -3.34. The Kier molecular flexibility index (Phi) is 9.22. The molecule has 5 atom stereocenters. The summed E-state index contributed by atoms with van der Waals surface area (Å²) < 4.78 is 27.0. The molecular formula is C24H31ClO15. The first-order chi connectivity index (χ1) is 18.8. The monoisotopic (exact) mass is 594 g/mol. The van der Waals surface area contributed by atoms with Gasteiger partial charge < -0.3 is 74.7 Å². The van der Waals surface area contributed by atoms with Crippen molar-refractivity contribution in [3.05, 3.63) is 21.7 Å². The highest BCUT2D eigenvalue weighted by Gasteiger charge is 2.51. The molecule has 1 aliphatic heterocycles. The highest BCUT2D eigenvalue weighted by molar-refractivity contribution is 6.33. The quantitative estimate of drug-likeness (QED) is 0.107. The van der Waals surface area contributed by atoms with Crippen molar-refractivity contribution < 1.29 is 74.7 Å². The molecule has 0 amide bonds. The topological polar surface area (TPSA) is 248 Å². The summed E-state index contributed by atoms with van der Waals surface area (Å²) in [4.78, 5) is 0. The van der Waals surface area contributed by atoms with Gasteiger partial charge in [0.1, 0.15) is 41.8 Å². The van der Waals surface area contributed by atoms with Gasteiger partial charge in [-0.3, -0.25) is 0 Å². The number of ether oxygens (including phenoxy) is 5. The third kappa shape index (κ3) is 4.73. The second-order valence-electron chi connectivity index (χ2n) is 8.73. The number of rotatable bonds is 9. The minimum Gasteiger partial charge on any atom is -0.507 e. The van der Waals surface area contributed by atoms with Gasteiger partial charge in [0.15, 0.2) is 23.0 Å². The lowest BCUT2D eigenvalue weighted by Crippen LogP contribution is -2.57. The predicted molar refractivity (Wildman–Crippen MR) is 133 cm³/mol. The van der Waals surface area contributed by atoms with Crippen molar-refractivity contribution in [3.63, 3.8) is 0 Å². The van der Waals surface area contributed by atoms with Gasteiger partial charge in [-0.05, 0) is 6.92 Å². The third-order valence-electron chi connectivity index (χ3n) is 6.65. The summed E-state index contributed by atoms with van der Waals surface area (Å²) in [5, 5.41) is 106. The zero-order valence-corrected chi connectivity index (χ0v) is 22.4. The van der Waals surface area contributed by atoms with E-state index in [-0.39, 0.29) is 6.61 Å². The first kappa shape index (κ1) is 31.4. The number of benzene rings is 2. The minimum absolute atomic E-state index is 0.145. The summed E-state index contributed by atoms with van der Waals surface area (Å²) in [6.45, 7) is 0.663. The van der Waals surface area contributed by atoms with Gasteiger partial charge in [0, 0.05) is 21.3 Å². The number of aliphatic hydroxyl groups is 3. The average Bonchev–Trinajstić information content (AvgIpc) is 2.91. The Bertz CT molecular complexity index is 1220. The normalized spacial score (nSPS) is 23.4. The molecule has 2 aromatic rings. The first-order valence-corrected chi connectivity index (χ1v) is 12.0. The van der Waals surface area contributed by atoms with Crippen LogP contribution in [-0.2, 0) is 24.7 Å². The highest BCUT2D eigenvalue weighted by atomic mass is 35.5. The Morgan fingerprint density at radius 1 is 0.725 bits per heavy atom. The number of aliphatic hydroxyl groups excluding tert-OH is 1. The molecule has 10 N–H and O–H groups in total. The molecular weight excluding hydrogens is 564 g/mol. The Hall–Kier alpha value is -3.15. The summed E-state index contributed by atoms with van der Waals surface area (Å²) in [6, 6.07) is 0. The van der Waals surface area contributed by atoms with E-state index in [9.17, 15) is 51.1 Å². The Labute approximate surface area is 232 Å². The van der Waals surface area contributed by atoms with Gasteiger partial charge in [0.2, 0.25) is 23.0 Å². The lowest BCUT2D eigenvalue weighted by molar-refractivity contribution is -0.251. The lowest BCUT2D eigenvalue weighted by Gasteiger charge is -2.45. The molecule has 16 heteroatoms. The number of phenolic OH excluding ortho intramolecular Hbond substituents is 7.